The molecule has 12 heavy (non-hydrogen) atoms. The largest absolute Gasteiger partial charge is 0.317 e. The SMILES string of the molecule is Cl.ClCCCCNCCCCCl. The maximum Gasteiger partial charge on any atom is 0.0223 e. The van der Waals surface area contributed by atoms with Gasteiger partial charge in [-0.25, -0.2) is 0 Å². The third-order valence-electron chi connectivity index (χ3n) is 1.47. The third kappa shape index (κ3) is 13.4. The van der Waals surface area contributed by atoms with Crippen LogP contribution in [0.5, 0.6) is 0 Å². The summed E-state index contributed by atoms with van der Waals surface area (Å²) in [6.45, 7) is 2.18. The zero-order valence-electron chi connectivity index (χ0n) is 7.32. The number of hydrogen-bond acceptors (Lipinski definition) is 1. The summed E-state index contributed by atoms with van der Waals surface area (Å²) in [7, 11) is 0. The normalized spacial score (nSPS) is 9.50. The van der Waals surface area contributed by atoms with E-state index in [0.29, 0.717) is 0 Å². The van der Waals surface area contributed by atoms with Gasteiger partial charge in [-0.1, -0.05) is 0 Å². The molecular formula is C8H18Cl3N. The predicted octanol–water partition coefficient (Wildman–Crippen LogP) is 3.04. The maximum absolute atomic E-state index is 5.52. The lowest BCUT2D eigenvalue weighted by Crippen LogP contribution is -2.16. The number of nitrogens with one attached hydrogen (secondary N) is 1. The van der Waals surface area contributed by atoms with E-state index in [1.54, 1.807) is 0 Å². The van der Waals surface area contributed by atoms with Gasteiger partial charge in [-0.15, -0.1) is 35.6 Å². The van der Waals surface area contributed by atoms with Crippen LogP contribution in [0.2, 0.25) is 0 Å². The van der Waals surface area contributed by atoms with E-state index in [4.69, 9.17) is 23.2 Å². The van der Waals surface area contributed by atoms with Gasteiger partial charge in [-0.2, -0.15) is 0 Å². The molecule has 0 rings (SSSR count). The lowest BCUT2D eigenvalue weighted by Gasteiger charge is -2.01. The van der Waals surface area contributed by atoms with Crippen LogP contribution in [-0.2, 0) is 0 Å². The third-order valence-corrected chi connectivity index (χ3v) is 2.01. The van der Waals surface area contributed by atoms with E-state index >= 15 is 0 Å². The quantitative estimate of drug-likeness (QED) is 0.503. The number of unbranched alkanes of at least 4 members (excludes halogenated alkanes) is 2. The number of halogens is 3. The Morgan fingerprint density at radius 1 is 0.750 bits per heavy atom. The van der Waals surface area contributed by atoms with Gasteiger partial charge < -0.3 is 5.32 Å². The molecule has 0 spiro atoms. The molecule has 0 aliphatic rings. The van der Waals surface area contributed by atoms with Crippen LogP contribution in [0, 0.1) is 0 Å². The Balaban J connectivity index is 0. The Morgan fingerprint density at radius 2 is 1.17 bits per heavy atom. The van der Waals surface area contributed by atoms with Crippen molar-refractivity contribution in [3.63, 3.8) is 0 Å². The lowest BCUT2D eigenvalue weighted by atomic mass is 10.3. The van der Waals surface area contributed by atoms with E-state index in [-0.39, 0.29) is 12.4 Å². The van der Waals surface area contributed by atoms with Gasteiger partial charge in [0.25, 0.3) is 0 Å². The van der Waals surface area contributed by atoms with Gasteiger partial charge >= 0.3 is 0 Å². The first kappa shape index (κ1) is 15.3. The van der Waals surface area contributed by atoms with Crippen LogP contribution in [0.15, 0.2) is 0 Å². The zero-order valence-corrected chi connectivity index (χ0v) is 9.65. The van der Waals surface area contributed by atoms with Crippen molar-refractivity contribution >= 4 is 35.6 Å². The fourth-order valence-electron chi connectivity index (χ4n) is 0.814. The summed E-state index contributed by atoms with van der Waals surface area (Å²) in [6, 6.07) is 0. The van der Waals surface area contributed by atoms with Crippen LogP contribution in [0.25, 0.3) is 0 Å². The van der Waals surface area contributed by atoms with Crippen LogP contribution in [-0.4, -0.2) is 24.8 Å². The molecule has 0 unspecified atom stereocenters. The highest BCUT2D eigenvalue weighted by Crippen LogP contribution is 1.91. The molecule has 0 bridgehead atoms. The van der Waals surface area contributed by atoms with Crippen LogP contribution in [0.4, 0.5) is 0 Å². The Labute approximate surface area is 91.6 Å². The monoisotopic (exact) mass is 233 g/mol. The van der Waals surface area contributed by atoms with Crippen LogP contribution in [0.1, 0.15) is 25.7 Å². The first-order valence-electron chi connectivity index (χ1n) is 4.24. The Morgan fingerprint density at radius 3 is 1.50 bits per heavy atom. The summed E-state index contributed by atoms with van der Waals surface area (Å²) in [5.74, 6) is 1.56. The molecule has 0 atom stereocenters. The van der Waals surface area contributed by atoms with E-state index in [1.807, 2.05) is 0 Å². The summed E-state index contributed by atoms with van der Waals surface area (Å²) in [5.41, 5.74) is 0. The second kappa shape index (κ2) is 14.4. The minimum absolute atomic E-state index is 0. The molecule has 4 heteroatoms. The van der Waals surface area contributed by atoms with Crippen molar-refractivity contribution in [2.75, 3.05) is 24.8 Å². The van der Waals surface area contributed by atoms with Gasteiger partial charge in [0.1, 0.15) is 0 Å². The molecular weight excluding hydrogens is 216 g/mol. The second-order valence-corrected chi connectivity index (χ2v) is 3.30. The molecule has 0 fully saturated rings. The van der Waals surface area contributed by atoms with Gasteiger partial charge in [-0.05, 0) is 38.8 Å². The highest BCUT2D eigenvalue weighted by Gasteiger charge is 1.87. The summed E-state index contributed by atoms with van der Waals surface area (Å²) in [6.07, 6.45) is 4.60. The van der Waals surface area contributed by atoms with Crippen LogP contribution >= 0.6 is 35.6 Å². The van der Waals surface area contributed by atoms with Gasteiger partial charge in [0.2, 0.25) is 0 Å². The highest BCUT2D eigenvalue weighted by atomic mass is 35.5. The summed E-state index contributed by atoms with van der Waals surface area (Å²) in [4.78, 5) is 0. The summed E-state index contributed by atoms with van der Waals surface area (Å²) < 4.78 is 0. The summed E-state index contributed by atoms with van der Waals surface area (Å²) >= 11 is 11.0. The van der Waals surface area contributed by atoms with Crippen molar-refractivity contribution < 1.29 is 0 Å². The first-order chi connectivity index (χ1) is 5.41. The zero-order chi connectivity index (χ0) is 8.36. The predicted molar refractivity (Wildman–Crippen MR) is 60.0 cm³/mol. The van der Waals surface area contributed by atoms with Crippen LogP contribution in [0.3, 0.4) is 0 Å². The van der Waals surface area contributed by atoms with E-state index in [0.717, 1.165) is 37.7 Å². The number of rotatable bonds is 8. The fourth-order valence-corrected chi connectivity index (χ4v) is 1.19. The molecule has 0 radical (unpaired) electrons. The average Bonchev–Trinajstić information content (AvgIpc) is 2.03. The van der Waals surface area contributed by atoms with Crippen molar-refractivity contribution in [3.8, 4) is 0 Å². The van der Waals surface area contributed by atoms with Crippen molar-refractivity contribution in [2.45, 2.75) is 25.7 Å². The summed E-state index contributed by atoms with van der Waals surface area (Å²) in [5, 5.41) is 3.34. The van der Waals surface area contributed by atoms with Gasteiger partial charge in [0.05, 0.1) is 0 Å². The lowest BCUT2D eigenvalue weighted by molar-refractivity contribution is 0.613. The van der Waals surface area contributed by atoms with Gasteiger partial charge in [0, 0.05) is 11.8 Å². The van der Waals surface area contributed by atoms with E-state index in [2.05, 4.69) is 5.32 Å². The second-order valence-electron chi connectivity index (χ2n) is 2.54. The standard InChI is InChI=1S/C8H17Cl2N.ClH/c9-5-1-3-7-11-8-4-2-6-10;/h11H,1-8H2;1H. The minimum atomic E-state index is 0. The van der Waals surface area contributed by atoms with Crippen molar-refractivity contribution in [3.05, 3.63) is 0 Å². The number of alkyl halides is 2. The molecule has 0 amide bonds. The van der Waals surface area contributed by atoms with E-state index in [1.165, 1.54) is 12.8 Å². The van der Waals surface area contributed by atoms with E-state index in [9.17, 15) is 0 Å². The topological polar surface area (TPSA) is 12.0 Å². The molecule has 0 aliphatic carbocycles. The van der Waals surface area contributed by atoms with Crippen LogP contribution < -0.4 is 5.32 Å². The van der Waals surface area contributed by atoms with Crippen molar-refractivity contribution in [1.82, 2.24) is 5.32 Å². The molecule has 0 saturated heterocycles. The molecule has 0 aromatic heterocycles. The average molecular weight is 235 g/mol. The van der Waals surface area contributed by atoms with Gasteiger partial charge in [-0.3, -0.25) is 0 Å². The molecule has 1 N–H and O–H groups in total. The molecule has 0 heterocycles. The molecule has 76 valence electrons. The molecule has 0 aromatic rings. The fraction of sp³-hybridized carbons (Fsp3) is 1.00. The Bertz CT molecular complexity index is 63.3. The molecule has 1 nitrogen and oxygen atoms in total. The van der Waals surface area contributed by atoms with Crippen molar-refractivity contribution in [2.24, 2.45) is 0 Å². The maximum atomic E-state index is 5.52. The van der Waals surface area contributed by atoms with Crippen molar-refractivity contribution in [1.29, 1.82) is 0 Å². The number of hydrogen-bond donors (Lipinski definition) is 1. The van der Waals surface area contributed by atoms with E-state index < -0.39 is 0 Å². The molecule has 0 saturated carbocycles. The Kier molecular flexibility index (Phi) is 18.3. The Hall–Kier alpha value is 0.830. The smallest absolute Gasteiger partial charge is 0.0223 e. The minimum Gasteiger partial charge on any atom is -0.317 e. The molecule has 0 aromatic carbocycles. The first-order valence-corrected chi connectivity index (χ1v) is 5.31. The van der Waals surface area contributed by atoms with Gasteiger partial charge in [0.15, 0.2) is 0 Å². The highest BCUT2D eigenvalue weighted by molar-refractivity contribution is 6.18. The molecule has 0 aliphatic heterocycles.